The zero-order valence-electron chi connectivity index (χ0n) is 16.4. The summed E-state index contributed by atoms with van der Waals surface area (Å²) in [5.41, 5.74) is 0.756. The van der Waals surface area contributed by atoms with Crippen molar-refractivity contribution in [2.75, 3.05) is 33.7 Å². The van der Waals surface area contributed by atoms with Gasteiger partial charge in [-0.3, -0.25) is 9.59 Å². The molecule has 7 heteroatoms. The number of imidazole rings is 1. The van der Waals surface area contributed by atoms with Crippen LogP contribution in [0.5, 0.6) is 0 Å². The Morgan fingerprint density at radius 1 is 1.41 bits per heavy atom. The minimum absolute atomic E-state index is 0.188. The number of aryl methyl sites for hydroxylation is 2. The van der Waals surface area contributed by atoms with Gasteiger partial charge in [0.25, 0.3) is 5.91 Å². The molecule has 0 bridgehead atoms. The third kappa shape index (κ3) is 4.66. The number of rotatable bonds is 6. The van der Waals surface area contributed by atoms with Crippen LogP contribution in [-0.4, -0.2) is 64.0 Å². The number of hydrogen-bond acceptors (Lipinski definition) is 4. The minimum atomic E-state index is -0.219. The fraction of sp³-hybridized carbons (Fsp3) is 0.550. The monoisotopic (exact) mass is 371 g/mol. The number of likely N-dealkylation sites (tertiary alicyclic amines) is 1. The molecule has 0 aliphatic carbocycles. The van der Waals surface area contributed by atoms with Crippen LogP contribution in [0.25, 0.3) is 0 Å². The Balaban J connectivity index is 1.70. The molecule has 27 heavy (non-hydrogen) atoms. The van der Waals surface area contributed by atoms with Gasteiger partial charge in [0.1, 0.15) is 11.4 Å². The highest BCUT2D eigenvalue weighted by atomic mass is 16.2. The molecule has 146 valence electrons. The number of aromatic nitrogens is 3. The Morgan fingerprint density at radius 2 is 2.22 bits per heavy atom. The van der Waals surface area contributed by atoms with Crippen LogP contribution >= 0.6 is 0 Å². The van der Waals surface area contributed by atoms with Crippen LogP contribution in [0.2, 0.25) is 0 Å². The number of carbonyl (C=O) groups is 1. The van der Waals surface area contributed by atoms with Crippen molar-refractivity contribution < 1.29 is 4.79 Å². The first-order chi connectivity index (χ1) is 13.0. The van der Waals surface area contributed by atoms with Crippen LogP contribution in [0.3, 0.4) is 0 Å². The Morgan fingerprint density at radius 3 is 2.96 bits per heavy atom. The maximum Gasteiger partial charge on any atom is 0.259 e. The Kier molecular flexibility index (Phi) is 6.11. The average molecular weight is 371 g/mol. The zero-order valence-corrected chi connectivity index (χ0v) is 16.4. The number of carbonyl (C=O) groups excluding carboxylic acids is 1. The maximum absolute atomic E-state index is 12.9. The normalized spacial score (nSPS) is 17.5. The van der Waals surface area contributed by atoms with Gasteiger partial charge < -0.3 is 19.4 Å². The summed E-state index contributed by atoms with van der Waals surface area (Å²) in [6.07, 6.45) is 8.40. The minimum Gasteiger partial charge on any atom is -0.364 e. The van der Waals surface area contributed by atoms with Gasteiger partial charge in [-0.2, -0.15) is 0 Å². The second kappa shape index (κ2) is 8.52. The highest BCUT2D eigenvalue weighted by molar-refractivity contribution is 5.93. The largest absolute Gasteiger partial charge is 0.364 e. The van der Waals surface area contributed by atoms with E-state index < -0.39 is 0 Å². The molecular formula is C20H29N5O2. The smallest absolute Gasteiger partial charge is 0.259 e. The van der Waals surface area contributed by atoms with Gasteiger partial charge in [0, 0.05) is 55.9 Å². The van der Waals surface area contributed by atoms with Gasteiger partial charge in [0.2, 0.25) is 0 Å². The van der Waals surface area contributed by atoms with Crippen molar-refractivity contribution in [1.82, 2.24) is 24.3 Å². The number of H-pyrrole nitrogens is 1. The summed E-state index contributed by atoms with van der Waals surface area (Å²) in [6.45, 7) is 5.06. The van der Waals surface area contributed by atoms with Crippen LogP contribution < -0.4 is 5.43 Å². The Hall–Kier alpha value is -2.41. The van der Waals surface area contributed by atoms with Gasteiger partial charge in [0.15, 0.2) is 5.43 Å². The van der Waals surface area contributed by atoms with Crippen LogP contribution in [-0.2, 0) is 6.54 Å². The van der Waals surface area contributed by atoms with Crippen molar-refractivity contribution in [3.63, 3.8) is 0 Å². The summed E-state index contributed by atoms with van der Waals surface area (Å²) >= 11 is 0. The highest BCUT2D eigenvalue weighted by Crippen LogP contribution is 2.26. The molecule has 0 aromatic carbocycles. The molecule has 1 aliphatic heterocycles. The number of amides is 1. The molecule has 1 saturated heterocycles. The van der Waals surface area contributed by atoms with Gasteiger partial charge in [0.05, 0.1) is 0 Å². The molecule has 2 aromatic heterocycles. The SMILES string of the molecule is Cc1cc(=O)c(C(=O)N2CCC[C@@H](c3nccn3CCCN(C)C)C2)c[nH]1. The molecule has 2 aromatic rings. The lowest BCUT2D eigenvalue weighted by Crippen LogP contribution is -2.41. The predicted molar refractivity (Wildman–Crippen MR) is 105 cm³/mol. The third-order valence-corrected chi connectivity index (χ3v) is 5.11. The summed E-state index contributed by atoms with van der Waals surface area (Å²) in [5, 5.41) is 0. The van der Waals surface area contributed by atoms with Gasteiger partial charge in [-0.15, -0.1) is 0 Å². The van der Waals surface area contributed by atoms with E-state index in [-0.39, 0.29) is 22.8 Å². The number of pyridine rings is 1. The molecule has 0 spiro atoms. The van der Waals surface area contributed by atoms with Crippen LogP contribution in [0, 0.1) is 6.92 Å². The lowest BCUT2D eigenvalue weighted by atomic mass is 9.96. The van der Waals surface area contributed by atoms with E-state index in [4.69, 9.17) is 0 Å². The summed E-state index contributed by atoms with van der Waals surface area (Å²) in [5.74, 6) is 1.07. The van der Waals surface area contributed by atoms with Crippen molar-refractivity contribution in [2.45, 2.75) is 38.6 Å². The number of aromatic amines is 1. The molecule has 1 amide bonds. The summed E-state index contributed by atoms with van der Waals surface area (Å²) in [7, 11) is 4.15. The van der Waals surface area contributed by atoms with Crippen molar-refractivity contribution in [3.8, 4) is 0 Å². The molecule has 7 nitrogen and oxygen atoms in total. The molecule has 1 aliphatic rings. The number of nitrogens with one attached hydrogen (secondary N) is 1. The van der Waals surface area contributed by atoms with Gasteiger partial charge in [-0.25, -0.2) is 4.98 Å². The first kappa shape index (κ1) is 19.4. The van der Waals surface area contributed by atoms with E-state index in [1.54, 1.807) is 4.90 Å². The van der Waals surface area contributed by atoms with E-state index >= 15 is 0 Å². The van der Waals surface area contributed by atoms with E-state index in [0.717, 1.165) is 43.9 Å². The van der Waals surface area contributed by atoms with Crippen LogP contribution in [0.1, 0.15) is 47.1 Å². The van der Waals surface area contributed by atoms with E-state index in [9.17, 15) is 9.59 Å². The van der Waals surface area contributed by atoms with Gasteiger partial charge in [-0.05, 0) is 46.8 Å². The lowest BCUT2D eigenvalue weighted by molar-refractivity contribution is 0.0701. The quantitative estimate of drug-likeness (QED) is 0.841. The van der Waals surface area contributed by atoms with Crippen molar-refractivity contribution >= 4 is 5.91 Å². The number of hydrogen-bond donors (Lipinski definition) is 1. The van der Waals surface area contributed by atoms with Crippen molar-refractivity contribution in [2.24, 2.45) is 0 Å². The van der Waals surface area contributed by atoms with Crippen LogP contribution in [0.15, 0.2) is 29.5 Å². The topological polar surface area (TPSA) is 74.2 Å². The Labute approximate surface area is 160 Å². The van der Waals surface area contributed by atoms with Gasteiger partial charge >= 0.3 is 0 Å². The molecule has 1 N–H and O–H groups in total. The highest BCUT2D eigenvalue weighted by Gasteiger charge is 2.28. The molecule has 1 fully saturated rings. The molecule has 3 rings (SSSR count). The second-order valence-electron chi connectivity index (χ2n) is 7.62. The Bertz CT molecular complexity index is 839. The van der Waals surface area contributed by atoms with Crippen molar-refractivity contribution in [1.29, 1.82) is 0 Å². The average Bonchev–Trinajstić information content (AvgIpc) is 3.09. The molecular weight excluding hydrogens is 342 g/mol. The van der Waals surface area contributed by atoms with E-state index in [1.165, 1.54) is 12.3 Å². The zero-order chi connectivity index (χ0) is 19.4. The number of nitrogens with zero attached hydrogens (tertiary/aromatic N) is 4. The first-order valence-electron chi connectivity index (χ1n) is 9.60. The fourth-order valence-electron chi connectivity index (χ4n) is 3.71. The molecule has 0 saturated carbocycles. The van der Waals surface area contributed by atoms with Gasteiger partial charge in [-0.1, -0.05) is 0 Å². The molecule has 0 radical (unpaired) electrons. The van der Waals surface area contributed by atoms with E-state index in [1.807, 2.05) is 19.3 Å². The molecule has 0 unspecified atom stereocenters. The van der Waals surface area contributed by atoms with E-state index in [0.29, 0.717) is 13.1 Å². The van der Waals surface area contributed by atoms with Crippen LogP contribution in [0.4, 0.5) is 0 Å². The third-order valence-electron chi connectivity index (χ3n) is 5.11. The maximum atomic E-state index is 12.9. The lowest BCUT2D eigenvalue weighted by Gasteiger charge is -2.32. The molecule has 1 atom stereocenters. The summed E-state index contributed by atoms with van der Waals surface area (Å²) in [6, 6.07) is 1.48. The standard InChI is InChI=1S/C20H29N5O2/c1-15-12-18(26)17(13-22-15)20(27)25-9-4-6-16(14-25)19-21-7-11-24(19)10-5-8-23(2)3/h7,11-13,16H,4-6,8-10,14H2,1-3H3,(H,22,26)/t16-/m1/s1. The number of piperidine rings is 1. The fourth-order valence-corrected chi connectivity index (χ4v) is 3.71. The summed E-state index contributed by atoms with van der Waals surface area (Å²) in [4.78, 5) is 36.6. The predicted octanol–water partition coefficient (Wildman–Crippen LogP) is 1.85. The van der Waals surface area contributed by atoms with E-state index in [2.05, 4.69) is 33.5 Å². The second-order valence-corrected chi connectivity index (χ2v) is 7.62. The first-order valence-corrected chi connectivity index (χ1v) is 9.60. The molecule has 3 heterocycles. The summed E-state index contributed by atoms with van der Waals surface area (Å²) < 4.78 is 2.21. The van der Waals surface area contributed by atoms with Crippen molar-refractivity contribution in [3.05, 3.63) is 52.0 Å².